The van der Waals surface area contributed by atoms with Crippen molar-refractivity contribution >= 4 is 44.8 Å². The number of nitrogens with one attached hydrogen (secondary N) is 2. The third kappa shape index (κ3) is 7.64. The fourth-order valence-electron chi connectivity index (χ4n) is 4.13. The van der Waals surface area contributed by atoms with Crippen LogP contribution in [0.15, 0.2) is 66.7 Å². The van der Waals surface area contributed by atoms with E-state index in [4.69, 9.17) is 21.1 Å². The number of anilines is 2. The quantitative estimate of drug-likeness (QED) is 0.329. The average molecular weight is 574 g/mol. The number of amides is 2. The van der Waals surface area contributed by atoms with Gasteiger partial charge in [0.15, 0.2) is 11.5 Å². The number of hydrogen-bond acceptors (Lipinski definition) is 6. The third-order valence-electron chi connectivity index (χ3n) is 5.97. The van der Waals surface area contributed by atoms with Gasteiger partial charge in [-0.25, -0.2) is 8.42 Å². The van der Waals surface area contributed by atoms with Gasteiger partial charge in [-0.2, -0.15) is 0 Å². The largest absolute Gasteiger partial charge is 0.493 e. The van der Waals surface area contributed by atoms with Gasteiger partial charge >= 0.3 is 0 Å². The second-order valence-corrected chi connectivity index (χ2v) is 11.0. The molecule has 0 aliphatic carbocycles. The molecule has 3 rings (SSSR count). The predicted octanol–water partition coefficient (Wildman–Crippen LogP) is 4.51. The number of carbonyl (C=O) groups excluding carboxylic acids is 2. The first-order valence-electron chi connectivity index (χ1n) is 12.2. The van der Waals surface area contributed by atoms with E-state index in [1.54, 1.807) is 69.7 Å². The molecule has 0 radical (unpaired) electrons. The summed E-state index contributed by atoms with van der Waals surface area (Å²) >= 11 is 6.08. The Balaban J connectivity index is 1.75. The van der Waals surface area contributed by atoms with Crippen LogP contribution >= 0.6 is 11.6 Å². The number of sulfonamides is 1. The molecule has 0 spiro atoms. The van der Waals surface area contributed by atoms with Gasteiger partial charge in [0.25, 0.3) is 5.91 Å². The molecule has 0 bridgehead atoms. The highest BCUT2D eigenvalue weighted by Crippen LogP contribution is 2.28. The summed E-state index contributed by atoms with van der Waals surface area (Å²) < 4.78 is 37.0. The lowest BCUT2D eigenvalue weighted by atomic mass is 10.1. The van der Waals surface area contributed by atoms with Gasteiger partial charge in [-0.3, -0.25) is 13.9 Å². The lowest BCUT2D eigenvalue weighted by molar-refractivity contribution is -0.117. The third-order valence-corrected chi connectivity index (χ3v) is 7.38. The highest BCUT2D eigenvalue weighted by Gasteiger charge is 2.32. The van der Waals surface area contributed by atoms with Crippen LogP contribution in [0.3, 0.4) is 0 Å². The number of methoxy groups -OCH3 is 2. The van der Waals surface area contributed by atoms with Crippen molar-refractivity contribution < 1.29 is 27.5 Å². The van der Waals surface area contributed by atoms with E-state index in [-0.39, 0.29) is 29.3 Å². The SMILES string of the molecule is CC[C@H](C(=O)Nc1ccccc1C(=O)NCCc1ccc(OC)c(OC)c1)N(c1cccc(Cl)c1)S(C)(=O)=O. The van der Waals surface area contributed by atoms with Crippen LogP contribution in [0.1, 0.15) is 29.3 Å². The number of benzene rings is 3. The Hall–Kier alpha value is -3.76. The van der Waals surface area contributed by atoms with Gasteiger partial charge in [0.05, 0.1) is 37.4 Å². The molecule has 2 amide bonds. The summed E-state index contributed by atoms with van der Waals surface area (Å²) in [5.74, 6) is 0.258. The number of para-hydroxylation sites is 1. The fraction of sp³-hybridized carbons (Fsp3) is 0.286. The van der Waals surface area contributed by atoms with Crippen LogP contribution in [-0.2, 0) is 21.2 Å². The highest BCUT2D eigenvalue weighted by molar-refractivity contribution is 7.92. The van der Waals surface area contributed by atoms with Crippen LogP contribution in [0.4, 0.5) is 11.4 Å². The Morgan fingerprint density at radius 3 is 2.33 bits per heavy atom. The maximum Gasteiger partial charge on any atom is 0.253 e. The lowest BCUT2D eigenvalue weighted by Crippen LogP contribution is -2.47. The molecular weight excluding hydrogens is 542 g/mol. The Kier molecular flexibility index (Phi) is 10.2. The molecule has 39 heavy (non-hydrogen) atoms. The van der Waals surface area contributed by atoms with E-state index in [1.165, 1.54) is 6.07 Å². The van der Waals surface area contributed by atoms with Crippen LogP contribution in [0.2, 0.25) is 5.02 Å². The lowest BCUT2D eigenvalue weighted by Gasteiger charge is -2.30. The van der Waals surface area contributed by atoms with E-state index < -0.39 is 22.0 Å². The topological polar surface area (TPSA) is 114 Å². The van der Waals surface area contributed by atoms with Gasteiger partial charge in [0.1, 0.15) is 6.04 Å². The van der Waals surface area contributed by atoms with Crippen molar-refractivity contribution in [1.82, 2.24) is 5.32 Å². The molecule has 0 fully saturated rings. The molecule has 3 aromatic carbocycles. The van der Waals surface area contributed by atoms with Gasteiger partial charge in [0.2, 0.25) is 15.9 Å². The van der Waals surface area contributed by atoms with Gasteiger partial charge in [-0.1, -0.05) is 42.8 Å². The molecule has 0 aliphatic heterocycles. The van der Waals surface area contributed by atoms with E-state index in [1.807, 2.05) is 12.1 Å². The molecule has 11 heteroatoms. The fourth-order valence-corrected chi connectivity index (χ4v) is 5.52. The van der Waals surface area contributed by atoms with Gasteiger partial charge in [-0.05, 0) is 60.9 Å². The van der Waals surface area contributed by atoms with E-state index in [0.29, 0.717) is 29.5 Å². The molecular formula is C28H32ClN3O6S. The smallest absolute Gasteiger partial charge is 0.253 e. The van der Waals surface area contributed by atoms with Crippen molar-refractivity contribution in [2.75, 3.05) is 36.6 Å². The standard InChI is InChI=1S/C28H32ClN3O6S/c1-5-24(32(39(4,35)36)21-10-8-9-20(29)18-21)28(34)31-23-12-7-6-11-22(23)27(33)30-16-15-19-13-14-25(37-2)26(17-19)38-3/h6-14,17-18,24H,5,15-16H2,1-4H3,(H,30,33)(H,31,34)/t24-/m1/s1. The maximum absolute atomic E-state index is 13.4. The van der Waals surface area contributed by atoms with Crippen molar-refractivity contribution in [2.24, 2.45) is 0 Å². The van der Waals surface area contributed by atoms with Crippen LogP contribution in [0.5, 0.6) is 11.5 Å². The molecule has 208 valence electrons. The molecule has 0 saturated carbocycles. The first-order chi connectivity index (χ1) is 18.6. The van der Waals surface area contributed by atoms with Crippen molar-refractivity contribution in [3.8, 4) is 11.5 Å². The zero-order valence-corrected chi connectivity index (χ0v) is 23.8. The normalized spacial score (nSPS) is 11.8. The second kappa shape index (κ2) is 13.3. The van der Waals surface area contributed by atoms with Gasteiger partial charge < -0.3 is 20.1 Å². The van der Waals surface area contributed by atoms with Crippen molar-refractivity contribution in [2.45, 2.75) is 25.8 Å². The van der Waals surface area contributed by atoms with Crippen LogP contribution < -0.4 is 24.4 Å². The first-order valence-corrected chi connectivity index (χ1v) is 14.5. The summed E-state index contributed by atoms with van der Waals surface area (Å²) in [6, 6.07) is 17.3. The molecule has 9 nitrogen and oxygen atoms in total. The molecule has 0 aliphatic rings. The minimum atomic E-state index is -3.84. The molecule has 1 atom stereocenters. The highest BCUT2D eigenvalue weighted by atomic mass is 35.5. The van der Waals surface area contributed by atoms with Crippen LogP contribution in [0.25, 0.3) is 0 Å². The first kappa shape index (κ1) is 29.8. The van der Waals surface area contributed by atoms with Crippen molar-refractivity contribution in [3.05, 3.63) is 82.9 Å². The number of ether oxygens (including phenoxy) is 2. The molecule has 0 unspecified atom stereocenters. The summed E-state index contributed by atoms with van der Waals surface area (Å²) in [5, 5.41) is 5.95. The zero-order chi connectivity index (χ0) is 28.6. The summed E-state index contributed by atoms with van der Waals surface area (Å²) in [7, 11) is -0.720. The van der Waals surface area contributed by atoms with Crippen molar-refractivity contribution in [3.63, 3.8) is 0 Å². The summed E-state index contributed by atoms with van der Waals surface area (Å²) in [6.07, 6.45) is 1.76. The number of rotatable bonds is 12. The molecule has 0 heterocycles. The monoisotopic (exact) mass is 573 g/mol. The van der Waals surface area contributed by atoms with Gasteiger partial charge in [0, 0.05) is 11.6 Å². The van der Waals surface area contributed by atoms with Crippen LogP contribution in [0, 0.1) is 0 Å². The molecule has 3 aromatic rings. The van der Waals surface area contributed by atoms with E-state index in [0.717, 1.165) is 16.1 Å². The predicted molar refractivity (Wildman–Crippen MR) is 154 cm³/mol. The second-order valence-electron chi connectivity index (χ2n) is 8.69. The summed E-state index contributed by atoms with van der Waals surface area (Å²) in [6.45, 7) is 2.05. The molecule has 0 saturated heterocycles. The molecule has 0 aromatic heterocycles. The summed E-state index contributed by atoms with van der Waals surface area (Å²) in [5.41, 5.74) is 1.74. The Bertz CT molecular complexity index is 1430. The van der Waals surface area contributed by atoms with Gasteiger partial charge in [-0.15, -0.1) is 0 Å². The van der Waals surface area contributed by atoms with E-state index in [2.05, 4.69) is 10.6 Å². The molecule has 2 N–H and O–H groups in total. The Labute approximate surface area is 234 Å². The Morgan fingerprint density at radius 2 is 1.69 bits per heavy atom. The maximum atomic E-state index is 13.4. The zero-order valence-electron chi connectivity index (χ0n) is 22.2. The number of nitrogens with zero attached hydrogens (tertiary/aromatic N) is 1. The summed E-state index contributed by atoms with van der Waals surface area (Å²) in [4.78, 5) is 26.4. The van der Waals surface area contributed by atoms with Crippen molar-refractivity contribution in [1.29, 1.82) is 0 Å². The Morgan fingerprint density at radius 1 is 0.974 bits per heavy atom. The minimum absolute atomic E-state index is 0.186. The number of carbonyl (C=O) groups is 2. The van der Waals surface area contributed by atoms with Crippen LogP contribution in [-0.4, -0.2) is 53.3 Å². The average Bonchev–Trinajstić information content (AvgIpc) is 2.90. The number of hydrogen-bond donors (Lipinski definition) is 2. The number of halogens is 1. The minimum Gasteiger partial charge on any atom is -0.493 e. The van der Waals surface area contributed by atoms with E-state index in [9.17, 15) is 18.0 Å². The van der Waals surface area contributed by atoms with E-state index >= 15 is 0 Å².